The minimum absolute atomic E-state index is 0.189. The van der Waals surface area contributed by atoms with Crippen LogP contribution in [0.5, 0.6) is 0 Å². The van der Waals surface area contributed by atoms with E-state index in [1.165, 1.54) is 0 Å². The van der Waals surface area contributed by atoms with Gasteiger partial charge in [0.25, 0.3) is 0 Å². The maximum absolute atomic E-state index is 11.7. The van der Waals surface area contributed by atoms with Gasteiger partial charge in [0.05, 0.1) is 31.7 Å². The second-order valence-electron chi connectivity index (χ2n) is 4.78. The summed E-state index contributed by atoms with van der Waals surface area (Å²) >= 11 is 0. The van der Waals surface area contributed by atoms with Crippen LogP contribution in [0.4, 0.5) is 4.79 Å². The van der Waals surface area contributed by atoms with Crippen molar-refractivity contribution < 1.29 is 14.3 Å². The first kappa shape index (κ1) is 12.8. The predicted octanol–water partition coefficient (Wildman–Crippen LogP) is 1.54. The van der Waals surface area contributed by atoms with Crippen LogP contribution in [0.1, 0.15) is 27.2 Å². The molecule has 5 nitrogen and oxygen atoms in total. The van der Waals surface area contributed by atoms with Crippen LogP contribution in [0.25, 0.3) is 0 Å². The normalized spacial score (nSPS) is 21.4. The first-order chi connectivity index (χ1) is 7.42. The fourth-order valence-corrected chi connectivity index (χ4v) is 1.44. The quantitative estimate of drug-likeness (QED) is 0.680. The fraction of sp³-hybridized carbons (Fsp3) is 0.818. The lowest BCUT2D eigenvalue weighted by Crippen LogP contribution is -2.47. The molecule has 1 aliphatic heterocycles. The molecule has 0 aromatic carbocycles. The molecular weight excluding hydrogens is 208 g/mol. The average Bonchev–Trinajstić information content (AvgIpc) is 2.16. The van der Waals surface area contributed by atoms with Gasteiger partial charge in [0.15, 0.2) is 0 Å². The number of hydrogen-bond donors (Lipinski definition) is 0. The van der Waals surface area contributed by atoms with E-state index < -0.39 is 5.60 Å². The van der Waals surface area contributed by atoms with Crippen LogP contribution in [0.3, 0.4) is 0 Å². The average molecular weight is 226 g/mol. The molecule has 1 amide bonds. The first-order valence-electron chi connectivity index (χ1n) is 5.39. The van der Waals surface area contributed by atoms with Gasteiger partial charge in [-0.05, 0) is 20.8 Å². The first-order valence-corrected chi connectivity index (χ1v) is 5.39. The van der Waals surface area contributed by atoms with Crippen LogP contribution >= 0.6 is 0 Å². The van der Waals surface area contributed by atoms with Gasteiger partial charge in [-0.3, -0.25) is 0 Å². The third-order valence-electron chi connectivity index (χ3n) is 2.11. The molecule has 1 aliphatic rings. The summed E-state index contributed by atoms with van der Waals surface area (Å²) < 4.78 is 10.6. The van der Waals surface area contributed by atoms with Crippen LogP contribution in [-0.2, 0) is 9.47 Å². The van der Waals surface area contributed by atoms with Crippen LogP contribution in [0.15, 0.2) is 0 Å². The molecule has 1 fully saturated rings. The lowest BCUT2D eigenvalue weighted by atomic mass is 10.2. The number of amides is 1. The number of carbonyl (C=O) groups is 1. The van der Waals surface area contributed by atoms with Gasteiger partial charge in [0.2, 0.25) is 0 Å². The highest BCUT2D eigenvalue weighted by Crippen LogP contribution is 2.14. The van der Waals surface area contributed by atoms with E-state index in [0.717, 1.165) is 0 Å². The summed E-state index contributed by atoms with van der Waals surface area (Å²) in [7, 11) is 0. The summed E-state index contributed by atoms with van der Waals surface area (Å²) in [4.78, 5) is 13.3. The molecule has 1 rings (SSSR count). The number of nitriles is 1. The van der Waals surface area contributed by atoms with Crippen molar-refractivity contribution in [3.63, 3.8) is 0 Å². The van der Waals surface area contributed by atoms with Crippen LogP contribution in [-0.4, -0.2) is 42.4 Å². The zero-order valence-electron chi connectivity index (χ0n) is 10.0. The highest BCUT2D eigenvalue weighted by molar-refractivity contribution is 5.68. The van der Waals surface area contributed by atoms with Crippen molar-refractivity contribution in [3.05, 3.63) is 0 Å². The van der Waals surface area contributed by atoms with Gasteiger partial charge in [-0.15, -0.1) is 0 Å². The zero-order chi connectivity index (χ0) is 12.2. The van der Waals surface area contributed by atoms with Gasteiger partial charge < -0.3 is 14.4 Å². The van der Waals surface area contributed by atoms with Crippen molar-refractivity contribution in [2.45, 2.75) is 38.9 Å². The van der Waals surface area contributed by atoms with Crippen LogP contribution < -0.4 is 0 Å². The lowest BCUT2D eigenvalue weighted by molar-refractivity contribution is -0.0400. The van der Waals surface area contributed by atoms with E-state index in [4.69, 9.17) is 14.7 Å². The topological polar surface area (TPSA) is 62.6 Å². The number of ether oxygens (including phenoxy) is 2. The van der Waals surface area contributed by atoms with E-state index in [-0.39, 0.29) is 12.2 Å². The molecule has 16 heavy (non-hydrogen) atoms. The second kappa shape index (κ2) is 5.17. The molecule has 0 unspecified atom stereocenters. The minimum atomic E-state index is -0.486. The molecule has 0 radical (unpaired) electrons. The van der Waals surface area contributed by atoms with Gasteiger partial charge in [-0.2, -0.15) is 5.26 Å². The Balaban J connectivity index is 2.48. The maximum Gasteiger partial charge on any atom is 0.410 e. The van der Waals surface area contributed by atoms with Crippen molar-refractivity contribution in [2.24, 2.45) is 0 Å². The predicted molar refractivity (Wildman–Crippen MR) is 57.8 cm³/mol. The number of nitrogens with zero attached hydrogens (tertiary/aromatic N) is 2. The molecular formula is C11H18N2O3. The Kier molecular flexibility index (Phi) is 4.13. The Hall–Kier alpha value is -1.28. The van der Waals surface area contributed by atoms with E-state index >= 15 is 0 Å². The van der Waals surface area contributed by atoms with Crippen molar-refractivity contribution >= 4 is 6.09 Å². The molecule has 0 bridgehead atoms. The SMILES string of the molecule is CC(C)(C)OC(=O)N1CCO[C@@H](CC#N)C1. The molecule has 90 valence electrons. The Bertz CT molecular complexity index is 291. The number of hydrogen-bond acceptors (Lipinski definition) is 4. The van der Waals surface area contributed by atoms with Gasteiger partial charge >= 0.3 is 6.09 Å². The fourth-order valence-electron chi connectivity index (χ4n) is 1.44. The van der Waals surface area contributed by atoms with E-state index in [1.54, 1.807) is 4.90 Å². The summed E-state index contributed by atoms with van der Waals surface area (Å²) in [6, 6.07) is 2.04. The molecule has 0 aromatic heterocycles. The van der Waals surface area contributed by atoms with E-state index in [0.29, 0.717) is 26.1 Å². The van der Waals surface area contributed by atoms with Crippen molar-refractivity contribution in [3.8, 4) is 6.07 Å². The summed E-state index contributed by atoms with van der Waals surface area (Å²) in [5.74, 6) is 0. The third kappa shape index (κ3) is 4.07. The number of rotatable bonds is 1. The van der Waals surface area contributed by atoms with Crippen molar-refractivity contribution in [1.29, 1.82) is 5.26 Å². The maximum atomic E-state index is 11.7. The molecule has 0 aliphatic carbocycles. The van der Waals surface area contributed by atoms with Gasteiger partial charge in [0.1, 0.15) is 5.60 Å². The highest BCUT2D eigenvalue weighted by Gasteiger charge is 2.27. The summed E-state index contributed by atoms with van der Waals surface area (Å²) in [6.07, 6.45) is -0.218. The largest absolute Gasteiger partial charge is 0.444 e. The van der Waals surface area contributed by atoms with Gasteiger partial charge in [-0.1, -0.05) is 0 Å². The van der Waals surface area contributed by atoms with E-state index in [2.05, 4.69) is 0 Å². The minimum Gasteiger partial charge on any atom is -0.444 e. The van der Waals surface area contributed by atoms with Gasteiger partial charge in [0, 0.05) is 6.54 Å². The molecule has 5 heteroatoms. The highest BCUT2D eigenvalue weighted by atomic mass is 16.6. The van der Waals surface area contributed by atoms with Crippen molar-refractivity contribution in [1.82, 2.24) is 4.90 Å². The monoisotopic (exact) mass is 226 g/mol. The van der Waals surface area contributed by atoms with Crippen LogP contribution in [0.2, 0.25) is 0 Å². The Morgan fingerprint density at radius 2 is 2.31 bits per heavy atom. The summed E-state index contributed by atoms with van der Waals surface area (Å²) in [5, 5.41) is 8.57. The van der Waals surface area contributed by atoms with Gasteiger partial charge in [-0.25, -0.2) is 4.79 Å². The Morgan fingerprint density at radius 3 is 2.88 bits per heavy atom. The smallest absolute Gasteiger partial charge is 0.410 e. The molecule has 0 spiro atoms. The molecule has 0 saturated carbocycles. The third-order valence-corrected chi connectivity index (χ3v) is 2.11. The van der Waals surface area contributed by atoms with Crippen LogP contribution in [0, 0.1) is 11.3 Å². The number of carbonyl (C=O) groups excluding carboxylic acids is 1. The molecule has 0 N–H and O–H groups in total. The van der Waals surface area contributed by atoms with Crippen molar-refractivity contribution in [2.75, 3.05) is 19.7 Å². The van der Waals surface area contributed by atoms with E-state index in [1.807, 2.05) is 26.8 Å². The second-order valence-corrected chi connectivity index (χ2v) is 4.78. The lowest BCUT2D eigenvalue weighted by Gasteiger charge is -2.33. The van der Waals surface area contributed by atoms with E-state index in [9.17, 15) is 4.79 Å². The Labute approximate surface area is 95.9 Å². The standard InChI is InChI=1S/C11H18N2O3/c1-11(2,3)16-10(14)13-6-7-15-9(8-13)4-5-12/h9H,4,6-8H2,1-3H3/t9-/m0/s1. The summed E-state index contributed by atoms with van der Waals surface area (Å²) in [5.41, 5.74) is -0.486. The number of morpholine rings is 1. The molecule has 1 saturated heterocycles. The molecule has 1 atom stereocenters. The Morgan fingerprint density at radius 1 is 1.62 bits per heavy atom. The summed E-state index contributed by atoms with van der Waals surface area (Å²) in [6.45, 7) is 6.92. The molecule has 0 aromatic rings. The molecule has 1 heterocycles. The zero-order valence-corrected chi connectivity index (χ0v) is 10.0.